The van der Waals surface area contributed by atoms with Gasteiger partial charge in [-0.2, -0.15) is 0 Å². The van der Waals surface area contributed by atoms with Crippen molar-refractivity contribution in [2.45, 2.75) is 71.6 Å². The Hall–Kier alpha value is -2.35. The topological polar surface area (TPSA) is 92.4 Å². The van der Waals surface area contributed by atoms with Crippen molar-refractivity contribution < 1.29 is 14.3 Å². The van der Waals surface area contributed by atoms with Gasteiger partial charge < -0.3 is 20.7 Å². The summed E-state index contributed by atoms with van der Waals surface area (Å²) in [5, 5.41) is 9.14. The van der Waals surface area contributed by atoms with E-state index in [1.807, 2.05) is 18.2 Å². The Bertz CT molecular complexity index is 809. The first-order valence-corrected chi connectivity index (χ1v) is 12.2. The highest BCUT2D eigenvalue weighted by atomic mass is 32.1. The van der Waals surface area contributed by atoms with Gasteiger partial charge in [0.05, 0.1) is 11.3 Å². The van der Waals surface area contributed by atoms with Crippen LogP contribution in [0.3, 0.4) is 0 Å². The summed E-state index contributed by atoms with van der Waals surface area (Å²) in [6.07, 6.45) is 9.96. The summed E-state index contributed by atoms with van der Waals surface area (Å²) in [6, 6.07) is 5.81. The second kappa shape index (κ2) is 14.6. The summed E-state index contributed by atoms with van der Waals surface area (Å²) in [7, 11) is 0. The number of carbonyl (C=O) groups excluding carboxylic acids is 2. The van der Waals surface area contributed by atoms with Crippen molar-refractivity contribution in [3.05, 3.63) is 18.2 Å². The first-order valence-electron chi connectivity index (χ1n) is 11.4. The van der Waals surface area contributed by atoms with E-state index >= 15 is 0 Å². The van der Waals surface area contributed by atoms with Crippen molar-refractivity contribution in [1.82, 2.24) is 15.6 Å². The largest absolute Gasteiger partial charge is 0.491 e. The van der Waals surface area contributed by atoms with Crippen LogP contribution >= 0.6 is 11.3 Å². The number of urea groups is 1. The van der Waals surface area contributed by atoms with E-state index in [4.69, 9.17) is 4.74 Å². The number of ether oxygens (including phenoxy) is 1. The van der Waals surface area contributed by atoms with E-state index in [1.54, 1.807) is 0 Å². The molecule has 0 saturated carbocycles. The average Bonchev–Trinajstić information content (AvgIpc) is 3.15. The third-order valence-corrected chi connectivity index (χ3v) is 5.78. The molecular formula is C23H36N4O3S. The lowest BCUT2D eigenvalue weighted by atomic mass is 10.1. The fourth-order valence-electron chi connectivity index (χ4n) is 3.20. The number of fused-ring (bicyclic) bond motifs is 1. The van der Waals surface area contributed by atoms with E-state index < -0.39 is 0 Å². The molecule has 31 heavy (non-hydrogen) atoms. The molecule has 1 heterocycles. The zero-order chi connectivity index (χ0) is 22.3. The maximum absolute atomic E-state index is 11.6. The van der Waals surface area contributed by atoms with Crippen molar-refractivity contribution >= 4 is 38.6 Å². The summed E-state index contributed by atoms with van der Waals surface area (Å²) < 4.78 is 6.94. The number of amides is 3. The molecule has 1 aromatic heterocycles. The van der Waals surface area contributed by atoms with E-state index in [9.17, 15) is 9.59 Å². The number of unbranched alkanes of at least 4 members (excludes halogenated alkanes) is 7. The molecule has 2 aromatic rings. The lowest BCUT2D eigenvalue weighted by Gasteiger charge is -2.08. The van der Waals surface area contributed by atoms with Gasteiger partial charge in [-0.1, -0.05) is 62.9 Å². The number of hydrogen-bond acceptors (Lipinski definition) is 5. The highest BCUT2D eigenvalue weighted by molar-refractivity contribution is 7.22. The number of anilines is 1. The number of hydrogen-bond donors (Lipinski definition) is 3. The first kappa shape index (κ1) is 24.9. The van der Waals surface area contributed by atoms with E-state index in [0.717, 1.165) is 74.0 Å². The molecule has 0 aliphatic rings. The molecule has 0 bridgehead atoms. The number of carbonyl (C=O) groups is 2. The highest BCUT2D eigenvalue weighted by Gasteiger charge is 2.09. The fourth-order valence-corrected chi connectivity index (χ4v) is 4.13. The molecule has 3 amide bonds. The molecule has 0 saturated heterocycles. The van der Waals surface area contributed by atoms with Crippen LogP contribution in [-0.2, 0) is 4.79 Å². The van der Waals surface area contributed by atoms with Crippen LogP contribution in [0.5, 0.6) is 5.75 Å². The minimum absolute atomic E-state index is 0.0485. The molecule has 2 rings (SSSR count). The molecule has 0 unspecified atom stereocenters. The van der Waals surface area contributed by atoms with Gasteiger partial charge in [-0.3, -0.25) is 4.79 Å². The number of para-hydroxylation sites is 1. The third-order valence-electron chi connectivity index (χ3n) is 4.85. The monoisotopic (exact) mass is 448 g/mol. The summed E-state index contributed by atoms with van der Waals surface area (Å²) in [4.78, 5) is 27.3. The fraction of sp³-hybridized carbons (Fsp3) is 0.609. The van der Waals surface area contributed by atoms with Crippen LogP contribution in [0.4, 0.5) is 9.93 Å². The number of nitrogens with zero attached hydrogens (tertiary/aromatic N) is 1. The zero-order valence-electron chi connectivity index (χ0n) is 18.8. The van der Waals surface area contributed by atoms with Crippen molar-refractivity contribution in [3.63, 3.8) is 0 Å². The van der Waals surface area contributed by atoms with Gasteiger partial charge in [0.15, 0.2) is 5.13 Å². The van der Waals surface area contributed by atoms with Gasteiger partial charge in [-0.05, 0) is 31.4 Å². The number of benzene rings is 1. The molecule has 0 spiro atoms. The molecule has 8 heteroatoms. The predicted octanol–water partition coefficient (Wildman–Crippen LogP) is 5.46. The van der Waals surface area contributed by atoms with Gasteiger partial charge in [0.25, 0.3) is 0 Å². The van der Waals surface area contributed by atoms with Crippen LogP contribution in [0.15, 0.2) is 18.2 Å². The molecule has 0 fully saturated rings. The summed E-state index contributed by atoms with van der Waals surface area (Å²) in [5.74, 6) is 0.646. The Morgan fingerprint density at radius 1 is 0.968 bits per heavy atom. The molecule has 0 aliphatic carbocycles. The molecular weight excluding hydrogens is 412 g/mol. The molecule has 0 atom stereocenters. The Kier molecular flexibility index (Phi) is 11.8. The first-order chi connectivity index (χ1) is 15.1. The molecule has 0 radical (unpaired) electrons. The van der Waals surface area contributed by atoms with Crippen LogP contribution in [0, 0.1) is 0 Å². The lowest BCUT2D eigenvalue weighted by molar-refractivity contribution is -0.114. The second-order valence-electron chi connectivity index (χ2n) is 7.66. The minimum Gasteiger partial charge on any atom is -0.491 e. The Morgan fingerprint density at radius 2 is 1.65 bits per heavy atom. The van der Waals surface area contributed by atoms with Crippen LogP contribution in [0.1, 0.15) is 71.6 Å². The van der Waals surface area contributed by atoms with Gasteiger partial charge in [-0.25, -0.2) is 9.78 Å². The number of thiazole rings is 1. The van der Waals surface area contributed by atoms with Gasteiger partial charge in [0.2, 0.25) is 5.91 Å². The second-order valence-corrected chi connectivity index (χ2v) is 8.69. The average molecular weight is 449 g/mol. The van der Waals surface area contributed by atoms with E-state index in [0.29, 0.717) is 11.7 Å². The van der Waals surface area contributed by atoms with Crippen molar-refractivity contribution in [2.75, 3.05) is 25.0 Å². The minimum atomic E-state index is -0.122. The smallest absolute Gasteiger partial charge is 0.314 e. The number of nitrogens with one attached hydrogen (secondary N) is 3. The van der Waals surface area contributed by atoms with E-state index in [1.165, 1.54) is 31.1 Å². The van der Waals surface area contributed by atoms with Crippen molar-refractivity contribution in [2.24, 2.45) is 0 Å². The quantitative estimate of drug-likeness (QED) is 0.315. The van der Waals surface area contributed by atoms with Crippen LogP contribution < -0.4 is 20.7 Å². The maximum atomic E-state index is 11.6. The maximum Gasteiger partial charge on any atom is 0.314 e. The Morgan fingerprint density at radius 3 is 2.35 bits per heavy atom. The molecule has 3 N–H and O–H groups in total. The summed E-state index contributed by atoms with van der Waals surface area (Å²) in [6.45, 7) is 5.79. The standard InChI is InChI=1S/C23H36N4O3S/c1-3-4-9-15-24-22(29)25-16-10-7-5-6-8-11-17-30-19-13-12-14-20-21(19)27-23(31-20)26-18(2)28/h12-14H,3-11,15-17H2,1-2H3,(H2,24,25,29)(H,26,27,28). The van der Waals surface area contributed by atoms with Gasteiger partial charge >= 0.3 is 6.03 Å². The third kappa shape index (κ3) is 10.0. The van der Waals surface area contributed by atoms with E-state index in [2.05, 4.69) is 27.9 Å². The van der Waals surface area contributed by atoms with Crippen molar-refractivity contribution in [1.29, 1.82) is 0 Å². The van der Waals surface area contributed by atoms with Crippen molar-refractivity contribution in [3.8, 4) is 5.75 Å². The molecule has 7 nitrogen and oxygen atoms in total. The highest BCUT2D eigenvalue weighted by Crippen LogP contribution is 2.32. The predicted molar refractivity (Wildman–Crippen MR) is 128 cm³/mol. The van der Waals surface area contributed by atoms with Gasteiger partial charge in [0.1, 0.15) is 11.3 Å². The molecule has 172 valence electrons. The summed E-state index contributed by atoms with van der Waals surface area (Å²) >= 11 is 1.45. The van der Waals surface area contributed by atoms with Crippen LogP contribution in [-0.4, -0.2) is 36.6 Å². The lowest BCUT2D eigenvalue weighted by Crippen LogP contribution is -2.36. The molecule has 0 aliphatic heterocycles. The Balaban J connectivity index is 1.51. The van der Waals surface area contributed by atoms with Gasteiger partial charge in [0, 0.05) is 20.0 Å². The van der Waals surface area contributed by atoms with Crippen LogP contribution in [0.2, 0.25) is 0 Å². The van der Waals surface area contributed by atoms with Crippen LogP contribution in [0.25, 0.3) is 10.2 Å². The summed E-state index contributed by atoms with van der Waals surface area (Å²) in [5.41, 5.74) is 0.804. The number of rotatable bonds is 15. The normalized spacial score (nSPS) is 10.8. The Labute approximate surface area is 189 Å². The molecule has 1 aromatic carbocycles. The van der Waals surface area contributed by atoms with Gasteiger partial charge in [-0.15, -0.1) is 0 Å². The SMILES string of the molecule is CCCCCNC(=O)NCCCCCCCCOc1cccc2sc(NC(C)=O)nc12. The zero-order valence-corrected chi connectivity index (χ0v) is 19.6. The number of aromatic nitrogens is 1. The van der Waals surface area contributed by atoms with E-state index in [-0.39, 0.29) is 11.9 Å².